The van der Waals surface area contributed by atoms with Gasteiger partial charge in [0.05, 0.1) is 13.2 Å². The normalized spacial score (nSPS) is 30.7. The molecule has 1 atom stereocenters. The molecular formula is C13H24N2O3. The van der Waals surface area contributed by atoms with E-state index in [0.717, 1.165) is 52.0 Å². The molecule has 5 heteroatoms. The molecule has 2 aliphatic rings. The third kappa shape index (κ3) is 2.84. The summed E-state index contributed by atoms with van der Waals surface area (Å²) >= 11 is 0. The maximum Gasteiger partial charge on any atom is 0.328 e. The highest BCUT2D eigenvalue weighted by Gasteiger charge is 2.46. The maximum atomic E-state index is 12.4. The van der Waals surface area contributed by atoms with Gasteiger partial charge in [-0.05, 0) is 32.7 Å². The van der Waals surface area contributed by atoms with Crippen LogP contribution in [0.1, 0.15) is 26.2 Å². The number of carbonyl (C=O) groups is 1. The highest BCUT2D eigenvalue weighted by Crippen LogP contribution is 2.28. The van der Waals surface area contributed by atoms with Gasteiger partial charge in [0.15, 0.2) is 0 Å². The summed E-state index contributed by atoms with van der Waals surface area (Å²) in [5, 5.41) is 3.37. The predicted molar refractivity (Wildman–Crippen MR) is 68.5 cm³/mol. The number of hydrogen-bond acceptors (Lipinski definition) is 5. The Morgan fingerprint density at radius 3 is 3.00 bits per heavy atom. The van der Waals surface area contributed by atoms with Crippen LogP contribution >= 0.6 is 0 Å². The van der Waals surface area contributed by atoms with E-state index in [1.807, 2.05) is 6.92 Å². The lowest BCUT2D eigenvalue weighted by atomic mass is 9.90. The van der Waals surface area contributed by atoms with Crippen molar-refractivity contribution < 1.29 is 14.3 Å². The summed E-state index contributed by atoms with van der Waals surface area (Å²) in [5.74, 6) is -0.105. The van der Waals surface area contributed by atoms with Crippen molar-refractivity contribution in [3.63, 3.8) is 0 Å². The summed E-state index contributed by atoms with van der Waals surface area (Å²) in [5.41, 5.74) is -0.541. The van der Waals surface area contributed by atoms with Crippen molar-refractivity contribution in [1.82, 2.24) is 10.2 Å². The molecule has 0 aromatic heterocycles. The van der Waals surface area contributed by atoms with Crippen molar-refractivity contribution >= 4 is 5.97 Å². The second-order valence-corrected chi connectivity index (χ2v) is 5.00. The number of carbonyl (C=O) groups excluding carboxylic acids is 1. The number of ether oxygens (including phenoxy) is 2. The van der Waals surface area contributed by atoms with Gasteiger partial charge in [0.1, 0.15) is 5.54 Å². The minimum atomic E-state index is -0.541. The van der Waals surface area contributed by atoms with Gasteiger partial charge in [0.2, 0.25) is 0 Å². The summed E-state index contributed by atoms with van der Waals surface area (Å²) in [6.07, 6.45) is 2.86. The Morgan fingerprint density at radius 1 is 1.39 bits per heavy atom. The fourth-order valence-corrected chi connectivity index (χ4v) is 2.86. The minimum absolute atomic E-state index is 0.105. The molecule has 0 aromatic carbocycles. The van der Waals surface area contributed by atoms with Gasteiger partial charge in [0.25, 0.3) is 0 Å². The van der Waals surface area contributed by atoms with Gasteiger partial charge in [-0.3, -0.25) is 4.90 Å². The first-order valence-corrected chi connectivity index (χ1v) is 7.00. The highest BCUT2D eigenvalue weighted by molar-refractivity contribution is 5.81. The van der Waals surface area contributed by atoms with E-state index in [1.54, 1.807) is 0 Å². The van der Waals surface area contributed by atoms with E-state index < -0.39 is 5.54 Å². The van der Waals surface area contributed by atoms with Crippen molar-refractivity contribution in [1.29, 1.82) is 0 Å². The Bertz CT molecular complexity index is 269. The standard InChI is InChI=1S/C13H24N2O3/c1-2-18-12(16)13(5-3-10-17-11-13)15-8-4-6-14-7-9-15/h14H,2-11H2,1H3. The van der Waals surface area contributed by atoms with E-state index >= 15 is 0 Å². The van der Waals surface area contributed by atoms with Gasteiger partial charge < -0.3 is 14.8 Å². The lowest BCUT2D eigenvalue weighted by Crippen LogP contribution is -2.60. The quantitative estimate of drug-likeness (QED) is 0.741. The van der Waals surface area contributed by atoms with Crippen LogP contribution in [0.25, 0.3) is 0 Å². The van der Waals surface area contributed by atoms with E-state index in [9.17, 15) is 4.79 Å². The van der Waals surface area contributed by atoms with Crippen molar-refractivity contribution in [2.24, 2.45) is 0 Å². The average molecular weight is 256 g/mol. The van der Waals surface area contributed by atoms with Crippen molar-refractivity contribution in [2.75, 3.05) is 46.0 Å². The zero-order chi connectivity index (χ0) is 12.8. The molecule has 0 amide bonds. The van der Waals surface area contributed by atoms with E-state index in [2.05, 4.69) is 10.2 Å². The van der Waals surface area contributed by atoms with Crippen LogP contribution in [0, 0.1) is 0 Å². The maximum absolute atomic E-state index is 12.4. The minimum Gasteiger partial charge on any atom is -0.465 e. The number of nitrogens with zero attached hydrogens (tertiary/aromatic N) is 1. The predicted octanol–water partition coefficient (Wildman–Crippen LogP) is 0.394. The molecule has 0 saturated carbocycles. The Hall–Kier alpha value is -0.650. The lowest BCUT2D eigenvalue weighted by molar-refractivity contribution is -0.168. The molecule has 2 rings (SSSR count). The van der Waals surface area contributed by atoms with E-state index in [0.29, 0.717) is 13.2 Å². The monoisotopic (exact) mass is 256 g/mol. The van der Waals surface area contributed by atoms with Gasteiger partial charge in [-0.1, -0.05) is 0 Å². The second-order valence-electron chi connectivity index (χ2n) is 5.00. The van der Waals surface area contributed by atoms with Crippen LogP contribution in [0.2, 0.25) is 0 Å². The molecule has 0 spiro atoms. The summed E-state index contributed by atoms with van der Waals surface area (Å²) in [6.45, 7) is 7.32. The highest BCUT2D eigenvalue weighted by atomic mass is 16.5. The smallest absolute Gasteiger partial charge is 0.328 e. The zero-order valence-electron chi connectivity index (χ0n) is 11.2. The van der Waals surface area contributed by atoms with Gasteiger partial charge in [0, 0.05) is 26.2 Å². The van der Waals surface area contributed by atoms with Crippen LogP contribution in [-0.4, -0.2) is 62.4 Å². The number of nitrogens with one attached hydrogen (secondary N) is 1. The van der Waals surface area contributed by atoms with E-state index in [1.165, 1.54) is 0 Å². The van der Waals surface area contributed by atoms with E-state index in [4.69, 9.17) is 9.47 Å². The third-order valence-electron chi connectivity index (χ3n) is 3.82. The summed E-state index contributed by atoms with van der Waals surface area (Å²) in [6, 6.07) is 0. The Morgan fingerprint density at radius 2 is 2.28 bits per heavy atom. The average Bonchev–Trinajstić information content (AvgIpc) is 2.69. The molecule has 18 heavy (non-hydrogen) atoms. The van der Waals surface area contributed by atoms with Crippen LogP contribution in [-0.2, 0) is 14.3 Å². The molecule has 2 aliphatic heterocycles. The third-order valence-corrected chi connectivity index (χ3v) is 3.82. The fraction of sp³-hybridized carbons (Fsp3) is 0.923. The van der Waals surface area contributed by atoms with Crippen LogP contribution in [0.4, 0.5) is 0 Å². The first kappa shape index (κ1) is 13.8. The van der Waals surface area contributed by atoms with Gasteiger partial charge in [-0.2, -0.15) is 0 Å². The molecule has 0 aromatic rings. The molecule has 2 saturated heterocycles. The van der Waals surface area contributed by atoms with Crippen LogP contribution in [0.15, 0.2) is 0 Å². The summed E-state index contributed by atoms with van der Waals surface area (Å²) in [7, 11) is 0. The Labute approximate surface area is 109 Å². The first-order chi connectivity index (χ1) is 8.79. The SMILES string of the molecule is CCOC(=O)C1(N2CCCNCC2)CCCOC1. The number of hydrogen-bond donors (Lipinski definition) is 1. The van der Waals surface area contributed by atoms with Gasteiger partial charge >= 0.3 is 5.97 Å². The molecule has 1 N–H and O–H groups in total. The largest absolute Gasteiger partial charge is 0.465 e. The molecule has 1 unspecified atom stereocenters. The van der Waals surface area contributed by atoms with Crippen LogP contribution in [0.3, 0.4) is 0 Å². The molecule has 104 valence electrons. The molecule has 5 nitrogen and oxygen atoms in total. The topological polar surface area (TPSA) is 50.8 Å². The van der Waals surface area contributed by atoms with Crippen LogP contribution in [0.5, 0.6) is 0 Å². The first-order valence-electron chi connectivity index (χ1n) is 7.00. The Balaban J connectivity index is 2.13. The van der Waals surface area contributed by atoms with E-state index in [-0.39, 0.29) is 5.97 Å². The molecule has 0 aliphatic carbocycles. The van der Waals surface area contributed by atoms with Gasteiger partial charge in [-0.15, -0.1) is 0 Å². The summed E-state index contributed by atoms with van der Waals surface area (Å²) in [4.78, 5) is 14.6. The molecule has 0 radical (unpaired) electrons. The molecular weight excluding hydrogens is 232 g/mol. The molecule has 0 bridgehead atoms. The molecule has 2 fully saturated rings. The van der Waals surface area contributed by atoms with Crippen molar-refractivity contribution in [2.45, 2.75) is 31.7 Å². The zero-order valence-corrected chi connectivity index (χ0v) is 11.2. The van der Waals surface area contributed by atoms with Crippen molar-refractivity contribution in [3.8, 4) is 0 Å². The number of esters is 1. The molecule has 2 heterocycles. The lowest BCUT2D eigenvalue weighted by Gasteiger charge is -2.43. The fourth-order valence-electron chi connectivity index (χ4n) is 2.86. The second kappa shape index (κ2) is 6.50. The van der Waals surface area contributed by atoms with Crippen LogP contribution < -0.4 is 5.32 Å². The summed E-state index contributed by atoms with van der Waals surface area (Å²) < 4.78 is 10.9. The Kier molecular flexibility index (Phi) is 4.97. The van der Waals surface area contributed by atoms with Gasteiger partial charge in [-0.25, -0.2) is 4.79 Å². The number of rotatable bonds is 3. The van der Waals surface area contributed by atoms with Crippen molar-refractivity contribution in [3.05, 3.63) is 0 Å².